The average Bonchev–Trinajstić information content (AvgIpc) is 3.09. The largest absolute Gasteiger partial charge is 0.322 e. The van der Waals surface area contributed by atoms with Crippen molar-refractivity contribution in [3.8, 4) is 11.4 Å². The zero-order valence-corrected chi connectivity index (χ0v) is 14.1. The first-order valence-corrected chi connectivity index (χ1v) is 9.39. The van der Waals surface area contributed by atoms with Crippen molar-refractivity contribution in [2.24, 2.45) is 0 Å². The van der Waals surface area contributed by atoms with E-state index in [9.17, 15) is 13.2 Å². The number of H-pyrrole nitrogens is 1. The van der Waals surface area contributed by atoms with Gasteiger partial charge in [0.05, 0.1) is 5.75 Å². The van der Waals surface area contributed by atoms with E-state index in [1.807, 2.05) is 0 Å². The summed E-state index contributed by atoms with van der Waals surface area (Å²) in [7, 11) is -3.11. The van der Waals surface area contributed by atoms with Gasteiger partial charge < -0.3 is 5.32 Å². The number of rotatable bonds is 5. The number of hydrogen-bond donors (Lipinski definition) is 2. The minimum absolute atomic E-state index is 0.0539. The summed E-state index contributed by atoms with van der Waals surface area (Å²) in [6, 6.07) is 13.5. The number of anilines is 1. The fourth-order valence-corrected chi connectivity index (χ4v) is 3.08. The van der Waals surface area contributed by atoms with E-state index >= 15 is 0 Å². The SMILES string of the molecule is CS(=O)(=O)Cc1ccc(C(=O)Nc2cccc(-c3nn[nH]n3)c2)cc1. The molecule has 0 atom stereocenters. The minimum atomic E-state index is -3.11. The molecule has 1 amide bonds. The lowest BCUT2D eigenvalue weighted by Crippen LogP contribution is -2.12. The lowest BCUT2D eigenvalue weighted by Gasteiger charge is -2.07. The van der Waals surface area contributed by atoms with Crippen LogP contribution < -0.4 is 5.32 Å². The van der Waals surface area contributed by atoms with Gasteiger partial charge in [0, 0.05) is 23.1 Å². The fraction of sp³-hybridized carbons (Fsp3) is 0.125. The molecule has 0 fully saturated rings. The van der Waals surface area contributed by atoms with Crippen molar-refractivity contribution < 1.29 is 13.2 Å². The van der Waals surface area contributed by atoms with Crippen molar-refractivity contribution in [1.29, 1.82) is 0 Å². The Hall–Kier alpha value is -3.07. The highest BCUT2D eigenvalue weighted by atomic mass is 32.2. The second-order valence-electron chi connectivity index (χ2n) is 5.54. The van der Waals surface area contributed by atoms with E-state index in [0.29, 0.717) is 22.6 Å². The summed E-state index contributed by atoms with van der Waals surface area (Å²) in [5.74, 6) is 0.0826. The number of nitrogens with zero attached hydrogens (tertiary/aromatic N) is 3. The Labute approximate surface area is 144 Å². The molecule has 1 heterocycles. The summed E-state index contributed by atoms with van der Waals surface area (Å²) in [5.41, 5.74) is 2.38. The molecule has 9 heteroatoms. The molecule has 3 rings (SSSR count). The summed E-state index contributed by atoms with van der Waals surface area (Å²) in [5, 5.41) is 16.5. The number of benzene rings is 2. The first-order chi connectivity index (χ1) is 11.9. The Balaban J connectivity index is 1.73. The first-order valence-electron chi connectivity index (χ1n) is 7.33. The number of hydrogen-bond acceptors (Lipinski definition) is 6. The Bertz CT molecular complexity index is 983. The van der Waals surface area contributed by atoms with Gasteiger partial charge in [-0.15, -0.1) is 10.2 Å². The lowest BCUT2D eigenvalue weighted by molar-refractivity contribution is 0.102. The van der Waals surface area contributed by atoms with E-state index in [4.69, 9.17) is 0 Å². The van der Waals surface area contributed by atoms with Gasteiger partial charge in [0.15, 0.2) is 9.84 Å². The molecule has 2 N–H and O–H groups in total. The van der Waals surface area contributed by atoms with Gasteiger partial charge in [-0.1, -0.05) is 24.3 Å². The monoisotopic (exact) mass is 357 g/mol. The maximum Gasteiger partial charge on any atom is 0.255 e. The Morgan fingerprint density at radius 3 is 2.56 bits per heavy atom. The van der Waals surface area contributed by atoms with Crippen molar-refractivity contribution in [1.82, 2.24) is 20.6 Å². The number of tetrazole rings is 1. The third-order valence-corrected chi connectivity index (χ3v) is 4.23. The van der Waals surface area contributed by atoms with Gasteiger partial charge in [0.2, 0.25) is 5.82 Å². The van der Waals surface area contributed by atoms with Gasteiger partial charge in [-0.05, 0) is 35.0 Å². The molecule has 128 valence electrons. The van der Waals surface area contributed by atoms with Gasteiger partial charge in [-0.25, -0.2) is 8.42 Å². The van der Waals surface area contributed by atoms with Gasteiger partial charge in [0.25, 0.3) is 5.91 Å². The molecule has 3 aromatic rings. The highest BCUT2D eigenvalue weighted by Crippen LogP contribution is 2.19. The van der Waals surface area contributed by atoms with Gasteiger partial charge >= 0.3 is 0 Å². The summed E-state index contributed by atoms with van der Waals surface area (Å²) in [4.78, 5) is 12.3. The molecule has 0 unspecified atom stereocenters. The van der Waals surface area contributed by atoms with Crippen LogP contribution in [-0.4, -0.2) is 41.2 Å². The standard InChI is InChI=1S/C16H15N5O3S/c1-25(23,24)10-11-5-7-12(8-6-11)16(22)17-14-4-2-3-13(9-14)15-18-20-21-19-15/h2-9H,10H2,1H3,(H,17,22)(H,18,19,20,21). The van der Waals surface area contributed by atoms with Crippen LogP contribution in [0, 0.1) is 0 Å². The number of aromatic nitrogens is 4. The highest BCUT2D eigenvalue weighted by Gasteiger charge is 2.10. The molecule has 0 aliphatic rings. The molecule has 0 aliphatic carbocycles. The third-order valence-electron chi connectivity index (χ3n) is 3.37. The molecule has 0 aliphatic heterocycles. The summed E-state index contributed by atoms with van der Waals surface area (Å²) < 4.78 is 22.6. The van der Waals surface area contributed by atoms with E-state index in [1.54, 1.807) is 48.5 Å². The summed E-state index contributed by atoms with van der Waals surface area (Å²) in [6.07, 6.45) is 1.17. The van der Waals surface area contributed by atoms with Crippen LogP contribution in [0.1, 0.15) is 15.9 Å². The van der Waals surface area contributed by atoms with Crippen LogP contribution in [0.2, 0.25) is 0 Å². The van der Waals surface area contributed by atoms with E-state index < -0.39 is 9.84 Å². The molecule has 0 bridgehead atoms. The highest BCUT2D eigenvalue weighted by molar-refractivity contribution is 7.89. The Morgan fingerprint density at radius 1 is 1.16 bits per heavy atom. The second-order valence-corrected chi connectivity index (χ2v) is 7.68. The molecule has 0 spiro atoms. The van der Waals surface area contributed by atoms with Gasteiger partial charge in [-0.3, -0.25) is 4.79 Å². The first kappa shape index (κ1) is 16.8. The van der Waals surface area contributed by atoms with Crippen molar-refractivity contribution in [2.75, 3.05) is 11.6 Å². The van der Waals surface area contributed by atoms with Gasteiger partial charge in [0.1, 0.15) is 0 Å². The maximum absolute atomic E-state index is 12.3. The lowest BCUT2D eigenvalue weighted by atomic mass is 10.1. The molecule has 8 nitrogen and oxygen atoms in total. The molecule has 1 aromatic heterocycles. The van der Waals surface area contributed by atoms with E-state index in [2.05, 4.69) is 25.9 Å². The number of carbonyl (C=O) groups is 1. The van der Waals surface area contributed by atoms with Gasteiger partial charge in [-0.2, -0.15) is 5.21 Å². The van der Waals surface area contributed by atoms with Crippen LogP contribution in [0.25, 0.3) is 11.4 Å². The molecule has 0 saturated heterocycles. The smallest absolute Gasteiger partial charge is 0.255 e. The minimum Gasteiger partial charge on any atom is -0.322 e. The van der Waals surface area contributed by atoms with Crippen molar-refractivity contribution in [3.05, 3.63) is 59.7 Å². The number of aromatic amines is 1. The molecule has 0 radical (unpaired) electrons. The van der Waals surface area contributed by atoms with Crippen LogP contribution >= 0.6 is 0 Å². The third kappa shape index (κ3) is 4.48. The summed E-state index contributed by atoms with van der Waals surface area (Å²) in [6.45, 7) is 0. The van der Waals surface area contributed by atoms with Crippen molar-refractivity contribution in [3.63, 3.8) is 0 Å². The quantitative estimate of drug-likeness (QED) is 0.717. The topological polar surface area (TPSA) is 118 Å². The predicted molar refractivity (Wildman–Crippen MR) is 92.6 cm³/mol. The molecule has 2 aromatic carbocycles. The zero-order valence-electron chi connectivity index (χ0n) is 13.3. The number of sulfone groups is 1. The molecular weight excluding hydrogens is 342 g/mol. The fourth-order valence-electron chi connectivity index (χ4n) is 2.28. The average molecular weight is 357 g/mol. The van der Waals surface area contributed by atoms with Crippen LogP contribution in [0.5, 0.6) is 0 Å². The Morgan fingerprint density at radius 2 is 1.92 bits per heavy atom. The number of carbonyl (C=O) groups excluding carboxylic acids is 1. The van der Waals surface area contributed by atoms with Crippen molar-refractivity contribution >= 4 is 21.4 Å². The summed E-state index contributed by atoms with van der Waals surface area (Å²) >= 11 is 0. The number of nitrogens with one attached hydrogen (secondary N) is 2. The number of amides is 1. The van der Waals surface area contributed by atoms with E-state index in [0.717, 1.165) is 5.56 Å². The maximum atomic E-state index is 12.3. The van der Waals surface area contributed by atoms with Crippen LogP contribution in [0.4, 0.5) is 5.69 Å². The van der Waals surface area contributed by atoms with Crippen LogP contribution in [-0.2, 0) is 15.6 Å². The molecule has 25 heavy (non-hydrogen) atoms. The van der Waals surface area contributed by atoms with Crippen LogP contribution in [0.3, 0.4) is 0 Å². The molecule has 0 saturated carbocycles. The van der Waals surface area contributed by atoms with Crippen molar-refractivity contribution in [2.45, 2.75) is 5.75 Å². The Kier molecular flexibility index (Phi) is 4.57. The van der Waals surface area contributed by atoms with Crippen LogP contribution in [0.15, 0.2) is 48.5 Å². The van der Waals surface area contributed by atoms with E-state index in [-0.39, 0.29) is 11.7 Å². The normalized spacial score (nSPS) is 11.2. The second kappa shape index (κ2) is 6.81. The van der Waals surface area contributed by atoms with E-state index in [1.165, 1.54) is 6.26 Å². The zero-order chi connectivity index (χ0) is 17.9. The predicted octanol–water partition coefficient (Wildman–Crippen LogP) is 1.66. The molecular formula is C16H15N5O3S.